The first kappa shape index (κ1) is 12.4. The minimum absolute atomic E-state index is 0.235. The smallest absolute Gasteiger partial charge is 0.126 e. The molecule has 1 aliphatic rings. The number of nitrogens with zero attached hydrogens (tertiary/aromatic N) is 1. The molecule has 1 atom stereocenters. The van der Waals surface area contributed by atoms with Crippen molar-refractivity contribution in [2.75, 3.05) is 18.0 Å². The molecule has 0 amide bonds. The average molecular weight is 237 g/mol. The molecule has 1 aliphatic heterocycles. The number of piperidine rings is 1. The van der Waals surface area contributed by atoms with Crippen LogP contribution in [0.3, 0.4) is 0 Å². The van der Waals surface area contributed by atoms with E-state index < -0.39 is 6.10 Å². The highest BCUT2D eigenvalue weighted by atomic mass is 19.1. The lowest BCUT2D eigenvalue weighted by molar-refractivity contribution is 0.199. The van der Waals surface area contributed by atoms with Gasteiger partial charge in [0.25, 0.3) is 0 Å². The summed E-state index contributed by atoms with van der Waals surface area (Å²) >= 11 is 0. The van der Waals surface area contributed by atoms with Crippen LogP contribution in [0.4, 0.5) is 10.1 Å². The molecule has 2 nitrogen and oxygen atoms in total. The Kier molecular flexibility index (Phi) is 3.67. The Labute approximate surface area is 102 Å². The van der Waals surface area contributed by atoms with Gasteiger partial charge in [0.1, 0.15) is 5.82 Å². The summed E-state index contributed by atoms with van der Waals surface area (Å²) in [5.74, 6) is -0.235. The average Bonchev–Trinajstić information content (AvgIpc) is 2.33. The zero-order valence-corrected chi connectivity index (χ0v) is 10.5. The summed E-state index contributed by atoms with van der Waals surface area (Å²) in [7, 11) is 0. The van der Waals surface area contributed by atoms with E-state index in [0.717, 1.165) is 18.8 Å². The maximum Gasteiger partial charge on any atom is 0.126 e. The fraction of sp³-hybridized carbons (Fsp3) is 0.571. The molecule has 1 aromatic rings. The van der Waals surface area contributed by atoms with Gasteiger partial charge < -0.3 is 10.0 Å². The lowest BCUT2D eigenvalue weighted by Gasteiger charge is -2.31. The lowest BCUT2D eigenvalue weighted by Crippen LogP contribution is -2.30. The van der Waals surface area contributed by atoms with Gasteiger partial charge in [-0.1, -0.05) is 0 Å². The summed E-state index contributed by atoms with van der Waals surface area (Å²) in [5, 5.41) is 9.76. The predicted molar refractivity (Wildman–Crippen MR) is 67.8 cm³/mol. The second kappa shape index (κ2) is 5.05. The van der Waals surface area contributed by atoms with Gasteiger partial charge in [0.05, 0.1) is 6.10 Å². The molecule has 0 radical (unpaired) electrons. The summed E-state index contributed by atoms with van der Waals surface area (Å²) in [6.07, 6.45) is 2.99. The molecule has 0 saturated carbocycles. The largest absolute Gasteiger partial charge is 0.389 e. The zero-order chi connectivity index (χ0) is 12.4. The summed E-state index contributed by atoms with van der Waals surface area (Å²) in [4.78, 5) is 2.26. The Bertz CT molecular complexity index is 397. The van der Waals surface area contributed by atoms with Gasteiger partial charge in [-0.15, -0.1) is 0 Å². The van der Waals surface area contributed by atoms with Gasteiger partial charge in [-0.25, -0.2) is 4.39 Å². The molecule has 3 heteroatoms. The van der Waals surface area contributed by atoms with Crippen LogP contribution in [-0.2, 0) is 0 Å². The summed E-state index contributed by atoms with van der Waals surface area (Å²) < 4.78 is 13.6. The lowest BCUT2D eigenvalue weighted by atomic mass is 10.0. The summed E-state index contributed by atoms with van der Waals surface area (Å²) in [6, 6.07) is 3.34. The third kappa shape index (κ3) is 2.60. The van der Waals surface area contributed by atoms with Crippen molar-refractivity contribution in [1.82, 2.24) is 0 Å². The number of aliphatic hydroxyl groups is 1. The highest BCUT2D eigenvalue weighted by Gasteiger charge is 2.18. The topological polar surface area (TPSA) is 23.5 Å². The van der Waals surface area contributed by atoms with Crippen LogP contribution in [0.25, 0.3) is 0 Å². The standard InChI is InChI=1S/C14H20FNO/c1-10-8-14(16-6-4-3-5-7-16)12(11(2)17)9-13(10)15/h8-9,11,17H,3-7H2,1-2H3/t11-/m0/s1. The number of benzene rings is 1. The molecule has 0 bridgehead atoms. The van der Waals surface area contributed by atoms with Gasteiger partial charge >= 0.3 is 0 Å². The van der Waals surface area contributed by atoms with Crippen LogP contribution in [0.5, 0.6) is 0 Å². The molecule has 0 spiro atoms. The van der Waals surface area contributed by atoms with Gasteiger partial charge in [0.2, 0.25) is 0 Å². The van der Waals surface area contributed by atoms with E-state index in [0.29, 0.717) is 11.1 Å². The molecule has 0 unspecified atom stereocenters. The van der Waals surface area contributed by atoms with Crippen LogP contribution in [-0.4, -0.2) is 18.2 Å². The summed E-state index contributed by atoms with van der Waals surface area (Å²) in [6.45, 7) is 5.47. The normalized spacial score (nSPS) is 18.2. The Morgan fingerprint density at radius 2 is 1.88 bits per heavy atom. The van der Waals surface area contributed by atoms with Gasteiger partial charge in [0, 0.05) is 24.3 Å². The first-order valence-electron chi connectivity index (χ1n) is 6.32. The number of hydrogen-bond acceptors (Lipinski definition) is 2. The molecule has 1 fully saturated rings. The van der Waals surface area contributed by atoms with Gasteiger partial charge in [-0.2, -0.15) is 0 Å². The minimum atomic E-state index is -0.623. The van der Waals surface area contributed by atoms with Crippen molar-refractivity contribution in [1.29, 1.82) is 0 Å². The first-order chi connectivity index (χ1) is 8.09. The van der Waals surface area contributed by atoms with Crippen LogP contribution < -0.4 is 4.90 Å². The third-order valence-electron chi connectivity index (χ3n) is 3.45. The number of aliphatic hydroxyl groups excluding tert-OH is 1. The summed E-state index contributed by atoms with van der Waals surface area (Å²) in [5.41, 5.74) is 2.35. The highest BCUT2D eigenvalue weighted by Crippen LogP contribution is 2.31. The van der Waals surface area contributed by atoms with Gasteiger partial charge in [-0.05, 0) is 50.8 Å². The number of hydrogen-bond donors (Lipinski definition) is 1. The van der Waals surface area contributed by atoms with Crippen LogP contribution >= 0.6 is 0 Å². The molecule has 0 aliphatic carbocycles. The maximum atomic E-state index is 13.6. The van der Waals surface area contributed by atoms with Gasteiger partial charge in [0.15, 0.2) is 0 Å². The van der Waals surface area contributed by atoms with Crippen molar-refractivity contribution in [3.8, 4) is 0 Å². The number of anilines is 1. The molecular weight excluding hydrogens is 217 g/mol. The predicted octanol–water partition coefficient (Wildman–Crippen LogP) is 3.18. The van der Waals surface area contributed by atoms with E-state index in [1.54, 1.807) is 13.8 Å². The highest BCUT2D eigenvalue weighted by molar-refractivity contribution is 5.57. The number of aryl methyl sites for hydroxylation is 1. The van der Waals surface area contributed by atoms with Crippen molar-refractivity contribution < 1.29 is 9.50 Å². The Balaban J connectivity index is 2.39. The molecule has 17 heavy (non-hydrogen) atoms. The van der Waals surface area contributed by atoms with Gasteiger partial charge in [-0.3, -0.25) is 0 Å². The van der Waals surface area contributed by atoms with Crippen LogP contribution in [0, 0.1) is 12.7 Å². The van der Waals surface area contributed by atoms with Crippen LogP contribution in [0.2, 0.25) is 0 Å². The minimum Gasteiger partial charge on any atom is -0.389 e. The molecule has 1 saturated heterocycles. The van der Waals surface area contributed by atoms with E-state index in [-0.39, 0.29) is 5.82 Å². The first-order valence-corrected chi connectivity index (χ1v) is 6.32. The maximum absolute atomic E-state index is 13.6. The van der Waals surface area contributed by atoms with Crippen molar-refractivity contribution in [3.63, 3.8) is 0 Å². The molecule has 1 N–H and O–H groups in total. The van der Waals surface area contributed by atoms with E-state index in [2.05, 4.69) is 4.90 Å². The second-order valence-corrected chi connectivity index (χ2v) is 4.88. The molecule has 2 rings (SSSR count). The monoisotopic (exact) mass is 237 g/mol. The molecule has 1 heterocycles. The Morgan fingerprint density at radius 3 is 2.47 bits per heavy atom. The number of halogens is 1. The number of rotatable bonds is 2. The molecule has 0 aromatic heterocycles. The van der Waals surface area contributed by atoms with E-state index >= 15 is 0 Å². The quantitative estimate of drug-likeness (QED) is 0.854. The second-order valence-electron chi connectivity index (χ2n) is 4.88. The van der Waals surface area contributed by atoms with E-state index in [4.69, 9.17) is 0 Å². The Hall–Kier alpha value is -1.09. The Morgan fingerprint density at radius 1 is 1.24 bits per heavy atom. The van der Waals surface area contributed by atoms with Crippen molar-refractivity contribution in [2.24, 2.45) is 0 Å². The van der Waals surface area contributed by atoms with Crippen molar-refractivity contribution in [2.45, 2.75) is 39.2 Å². The zero-order valence-electron chi connectivity index (χ0n) is 10.5. The fourth-order valence-electron chi connectivity index (χ4n) is 2.42. The molecule has 1 aromatic carbocycles. The van der Waals surface area contributed by atoms with Crippen LogP contribution in [0.1, 0.15) is 43.4 Å². The third-order valence-corrected chi connectivity index (χ3v) is 3.45. The van der Waals surface area contributed by atoms with Crippen molar-refractivity contribution >= 4 is 5.69 Å². The van der Waals surface area contributed by atoms with E-state index in [1.165, 1.54) is 25.3 Å². The fourth-order valence-corrected chi connectivity index (χ4v) is 2.42. The molecule has 94 valence electrons. The van der Waals surface area contributed by atoms with E-state index in [1.807, 2.05) is 6.07 Å². The van der Waals surface area contributed by atoms with Crippen LogP contribution in [0.15, 0.2) is 12.1 Å². The SMILES string of the molecule is Cc1cc(N2CCCCC2)c([C@H](C)O)cc1F. The van der Waals surface area contributed by atoms with E-state index in [9.17, 15) is 9.50 Å². The molecular formula is C14H20FNO. The van der Waals surface area contributed by atoms with Crippen molar-refractivity contribution in [3.05, 3.63) is 29.1 Å².